The van der Waals surface area contributed by atoms with E-state index in [2.05, 4.69) is 4.98 Å². The molecule has 1 aliphatic rings. The minimum atomic E-state index is -0.772. The van der Waals surface area contributed by atoms with E-state index < -0.39 is 12.1 Å². The first-order valence-electron chi connectivity index (χ1n) is 9.43. The number of carboxylic acid groups (broad SMARTS) is 1. The van der Waals surface area contributed by atoms with Crippen molar-refractivity contribution in [1.29, 1.82) is 0 Å². The zero-order valence-corrected chi connectivity index (χ0v) is 16.5. The Labute approximate surface area is 164 Å². The highest BCUT2D eigenvalue weighted by molar-refractivity contribution is 7.09. The van der Waals surface area contributed by atoms with Gasteiger partial charge in [-0.1, -0.05) is 31.2 Å². The van der Waals surface area contributed by atoms with E-state index >= 15 is 0 Å². The van der Waals surface area contributed by atoms with Crippen molar-refractivity contribution < 1.29 is 19.8 Å². The van der Waals surface area contributed by atoms with Crippen molar-refractivity contribution in [2.45, 2.75) is 63.9 Å². The Hall–Kier alpha value is -2.05. The van der Waals surface area contributed by atoms with Crippen molar-refractivity contribution in [2.24, 2.45) is 0 Å². The maximum absolute atomic E-state index is 12.2. The van der Waals surface area contributed by atoms with Crippen LogP contribution >= 0.6 is 11.3 Å². The molecule has 0 aliphatic heterocycles. The van der Waals surface area contributed by atoms with Crippen LogP contribution in [0.25, 0.3) is 0 Å². The van der Waals surface area contributed by atoms with Crippen LogP contribution in [0, 0.1) is 0 Å². The van der Waals surface area contributed by atoms with E-state index in [1.165, 1.54) is 11.3 Å². The number of rotatable bonds is 11. The van der Waals surface area contributed by atoms with Crippen molar-refractivity contribution in [3.8, 4) is 0 Å². The highest BCUT2D eigenvalue weighted by Crippen LogP contribution is 2.34. The highest BCUT2D eigenvalue weighted by atomic mass is 32.1. The van der Waals surface area contributed by atoms with Crippen LogP contribution in [0.4, 0.5) is 0 Å². The number of hydrogen-bond donors (Lipinski definition) is 2. The Morgan fingerprint density at radius 1 is 1.33 bits per heavy atom. The number of aromatic nitrogens is 1. The maximum atomic E-state index is 12.2. The van der Waals surface area contributed by atoms with Crippen LogP contribution < -0.4 is 0 Å². The fourth-order valence-corrected chi connectivity index (χ4v) is 3.87. The molecule has 1 aliphatic carbocycles. The number of aliphatic carboxylic acids is 1. The average Bonchev–Trinajstić information content (AvgIpc) is 3.23. The van der Waals surface area contributed by atoms with Gasteiger partial charge in [0.15, 0.2) is 5.78 Å². The summed E-state index contributed by atoms with van der Waals surface area (Å²) in [5.74, 6) is -0.936. The molecule has 1 aromatic rings. The fourth-order valence-electron chi connectivity index (χ4n) is 2.92. The van der Waals surface area contributed by atoms with Crippen LogP contribution in [-0.2, 0) is 16.0 Å². The molecular weight excluding hydrogens is 362 g/mol. The lowest BCUT2D eigenvalue weighted by atomic mass is 10.00. The zero-order chi connectivity index (χ0) is 19.6. The Kier molecular flexibility index (Phi) is 8.61. The quantitative estimate of drug-likeness (QED) is 0.336. The average molecular weight is 390 g/mol. The molecule has 1 heterocycles. The van der Waals surface area contributed by atoms with Gasteiger partial charge in [0.2, 0.25) is 0 Å². The largest absolute Gasteiger partial charge is 0.481 e. The summed E-state index contributed by atoms with van der Waals surface area (Å²) in [4.78, 5) is 27.4. The third kappa shape index (κ3) is 6.88. The summed E-state index contributed by atoms with van der Waals surface area (Å²) < 4.78 is 0. The van der Waals surface area contributed by atoms with E-state index in [1.54, 1.807) is 6.08 Å². The van der Waals surface area contributed by atoms with Crippen LogP contribution in [0.5, 0.6) is 0 Å². The summed E-state index contributed by atoms with van der Waals surface area (Å²) in [5, 5.41) is 21.6. The summed E-state index contributed by atoms with van der Waals surface area (Å²) in [5.41, 5.74) is 1.62. The topological polar surface area (TPSA) is 87.5 Å². The molecule has 2 unspecified atom stereocenters. The van der Waals surface area contributed by atoms with Crippen molar-refractivity contribution in [3.63, 3.8) is 0 Å². The highest BCUT2D eigenvalue weighted by Gasteiger charge is 2.27. The molecule has 2 atom stereocenters. The number of nitrogens with zero attached hydrogens (tertiary/aromatic N) is 1. The maximum Gasteiger partial charge on any atom is 0.303 e. The summed E-state index contributed by atoms with van der Waals surface area (Å²) >= 11 is 1.52. The molecule has 5 nitrogen and oxygen atoms in total. The van der Waals surface area contributed by atoms with E-state index in [1.807, 2.05) is 36.6 Å². The second-order valence-corrected chi connectivity index (χ2v) is 7.53. The first-order valence-corrected chi connectivity index (χ1v) is 10.3. The third-order valence-corrected chi connectivity index (χ3v) is 5.37. The number of carbonyl (C=O) groups excluding carboxylic acids is 1. The van der Waals surface area contributed by atoms with Crippen molar-refractivity contribution in [1.82, 2.24) is 4.98 Å². The minimum absolute atomic E-state index is 0.0190. The number of carbonyl (C=O) groups is 2. The van der Waals surface area contributed by atoms with Crippen molar-refractivity contribution >= 4 is 23.1 Å². The number of aliphatic hydroxyl groups is 1. The van der Waals surface area contributed by atoms with Gasteiger partial charge in [0.1, 0.15) is 5.01 Å². The van der Waals surface area contributed by atoms with Crippen molar-refractivity contribution in [3.05, 3.63) is 52.0 Å². The van der Waals surface area contributed by atoms with Gasteiger partial charge in [-0.05, 0) is 44.6 Å². The first-order chi connectivity index (χ1) is 13.0. The van der Waals surface area contributed by atoms with Crippen LogP contribution in [-0.4, -0.2) is 33.1 Å². The summed E-state index contributed by atoms with van der Waals surface area (Å²) in [6, 6.07) is 0. The molecule has 27 heavy (non-hydrogen) atoms. The normalized spacial score (nSPS) is 19.4. The molecule has 1 aromatic heterocycles. The number of thiazole rings is 1. The van der Waals surface area contributed by atoms with Crippen LogP contribution in [0.15, 0.2) is 41.3 Å². The number of carboxylic acids is 1. The Balaban J connectivity index is 1.94. The molecule has 0 spiro atoms. The lowest BCUT2D eigenvalue weighted by Crippen LogP contribution is -2.07. The van der Waals surface area contributed by atoms with Crippen LogP contribution in [0.1, 0.15) is 62.1 Å². The summed E-state index contributed by atoms with van der Waals surface area (Å²) in [6.07, 6.45) is 13.1. The summed E-state index contributed by atoms with van der Waals surface area (Å²) in [7, 11) is 0. The lowest BCUT2D eigenvalue weighted by Gasteiger charge is -2.09. The molecule has 2 rings (SSSR count). The molecular formula is C21H27NO4S. The van der Waals surface area contributed by atoms with Gasteiger partial charge in [-0.15, -0.1) is 11.3 Å². The van der Waals surface area contributed by atoms with Gasteiger partial charge in [-0.2, -0.15) is 0 Å². The first kappa shape index (κ1) is 21.3. The summed E-state index contributed by atoms with van der Waals surface area (Å²) in [6.45, 7) is 2.05. The molecule has 0 saturated heterocycles. The number of unbranched alkanes of at least 4 members (excludes halogenated alkanes) is 1. The lowest BCUT2D eigenvalue weighted by molar-refractivity contribution is -0.137. The van der Waals surface area contributed by atoms with Crippen LogP contribution in [0.2, 0.25) is 0 Å². The van der Waals surface area contributed by atoms with Crippen molar-refractivity contribution in [2.75, 3.05) is 0 Å². The van der Waals surface area contributed by atoms with E-state index in [0.29, 0.717) is 24.8 Å². The van der Waals surface area contributed by atoms with E-state index in [4.69, 9.17) is 5.11 Å². The molecule has 2 N–H and O–H groups in total. The SMILES string of the molecule is CCC=CCC(O)CC=C1C(=O)C=CC1c1nc(CCCCC(=O)O)cs1. The van der Waals surface area contributed by atoms with Crippen LogP contribution in [0.3, 0.4) is 0 Å². The number of aryl methyl sites for hydroxylation is 1. The molecule has 0 aromatic carbocycles. The number of ketones is 1. The Morgan fingerprint density at radius 2 is 2.15 bits per heavy atom. The number of allylic oxidation sites excluding steroid dienone is 4. The van der Waals surface area contributed by atoms with Gasteiger partial charge in [-0.25, -0.2) is 4.98 Å². The second-order valence-electron chi connectivity index (χ2n) is 6.64. The van der Waals surface area contributed by atoms with E-state index in [0.717, 1.165) is 30.0 Å². The fraction of sp³-hybridized carbons (Fsp3) is 0.476. The smallest absolute Gasteiger partial charge is 0.303 e. The molecule has 0 saturated carbocycles. The van der Waals surface area contributed by atoms with E-state index in [-0.39, 0.29) is 18.1 Å². The van der Waals surface area contributed by atoms with Gasteiger partial charge in [0, 0.05) is 17.4 Å². The minimum Gasteiger partial charge on any atom is -0.481 e. The zero-order valence-electron chi connectivity index (χ0n) is 15.6. The molecule has 6 heteroatoms. The molecule has 0 fully saturated rings. The second kappa shape index (κ2) is 10.9. The molecule has 146 valence electrons. The number of aliphatic hydroxyl groups excluding tert-OH is 1. The molecule has 0 radical (unpaired) electrons. The van der Waals surface area contributed by atoms with Gasteiger partial charge < -0.3 is 10.2 Å². The molecule has 0 bridgehead atoms. The van der Waals surface area contributed by atoms with E-state index in [9.17, 15) is 14.7 Å². The third-order valence-electron chi connectivity index (χ3n) is 4.39. The monoisotopic (exact) mass is 389 g/mol. The van der Waals surface area contributed by atoms with Gasteiger partial charge in [0.05, 0.1) is 17.7 Å². The Bertz CT molecular complexity index is 732. The van der Waals surface area contributed by atoms with Gasteiger partial charge >= 0.3 is 5.97 Å². The number of hydrogen-bond acceptors (Lipinski definition) is 5. The predicted octanol–water partition coefficient (Wildman–Crippen LogP) is 4.20. The molecule has 0 amide bonds. The standard InChI is InChI=1S/C21H27NO4S/c1-2-3-4-8-16(23)10-11-17-18(12-13-19(17)24)21-22-15(14-27-21)7-5-6-9-20(25)26/h3-4,11-14,16,18,23H,2,5-10H2,1H3,(H,25,26). The van der Waals surface area contributed by atoms with Gasteiger partial charge in [-0.3, -0.25) is 9.59 Å². The van der Waals surface area contributed by atoms with Gasteiger partial charge in [0.25, 0.3) is 0 Å². The Morgan fingerprint density at radius 3 is 2.89 bits per heavy atom. The predicted molar refractivity (Wildman–Crippen MR) is 107 cm³/mol.